The van der Waals surface area contributed by atoms with Crippen molar-refractivity contribution in [2.24, 2.45) is 0 Å². The summed E-state index contributed by atoms with van der Waals surface area (Å²) in [5.41, 5.74) is 14.6. The van der Waals surface area contributed by atoms with Gasteiger partial charge in [-0.3, -0.25) is 0 Å². The van der Waals surface area contributed by atoms with Crippen LogP contribution >= 0.6 is 0 Å². The smallest absolute Gasteiger partial charge is 0.0379 e. The summed E-state index contributed by atoms with van der Waals surface area (Å²) in [6.07, 6.45) is 3.94. The molecular formula is C17H17N. The number of rotatable bonds is 2. The van der Waals surface area contributed by atoms with Gasteiger partial charge in [-0.05, 0) is 48.3 Å². The van der Waals surface area contributed by atoms with Gasteiger partial charge in [0.2, 0.25) is 0 Å². The number of nitrogens with two attached hydrogens (primary N) is 1. The lowest BCUT2D eigenvalue weighted by Crippen LogP contribution is -1.95. The van der Waals surface area contributed by atoms with Crippen LogP contribution in [0.5, 0.6) is 0 Å². The molecule has 0 fully saturated rings. The molecular weight excluding hydrogens is 218 g/mol. The van der Waals surface area contributed by atoms with Gasteiger partial charge < -0.3 is 5.73 Å². The van der Waals surface area contributed by atoms with Crippen LogP contribution in [0.4, 0.5) is 5.69 Å². The third-order valence-electron chi connectivity index (χ3n) is 3.06. The second-order valence-corrected chi connectivity index (χ2v) is 4.38. The highest BCUT2D eigenvalue weighted by Crippen LogP contribution is 2.21. The van der Waals surface area contributed by atoms with Crippen LogP contribution in [0.2, 0.25) is 0 Å². The van der Waals surface area contributed by atoms with Gasteiger partial charge in [0, 0.05) is 5.69 Å². The van der Waals surface area contributed by atoms with Gasteiger partial charge in [-0.15, -0.1) is 5.73 Å². The fourth-order valence-electron chi connectivity index (χ4n) is 1.81. The molecule has 1 nitrogen and oxygen atoms in total. The highest BCUT2D eigenvalue weighted by Gasteiger charge is 2.00. The molecule has 2 aromatic carbocycles. The molecule has 90 valence electrons. The fraction of sp³-hybridized carbons (Fsp3) is 0.118. The number of hydrogen-bond acceptors (Lipinski definition) is 1. The number of hydrogen-bond donors (Lipinski definition) is 1. The van der Waals surface area contributed by atoms with Crippen LogP contribution < -0.4 is 5.73 Å². The predicted molar refractivity (Wildman–Crippen MR) is 79.2 cm³/mol. The molecule has 0 bridgehead atoms. The predicted octanol–water partition coefficient (Wildman–Crippen LogP) is 4.21. The zero-order chi connectivity index (χ0) is 13.0. The van der Waals surface area contributed by atoms with Crippen molar-refractivity contribution in [3.63, 3.8) is 0 Å². The van der Waals surface area contributed by atoms with Gasteiger partial charge in [0.1, 0.15) is 0 Å². The standard InChI is InChI=1S/C17H17N/c1-13-11-12-16(14(2)17(13)18)10-6-9-15-7-4-3-5-8-15/h3-5,7-12H,18H2,1-2H3. The van der Waals surface area contributed by atoms with Gasteiger partial charge in [0.25, 0.3) is 0 Å². The first-order valence-electron chi connectivity index (χ1n) is 6.01. The maximum Gasteiger partial charge on any atom is 0.0379 e. The second-order valence-electron chi connectivity index (χ2n) is 4.38. The Kier molecular flexibility index (Phi) is 3.66. The van der Waals surface area contributed by atoms with Crippen molar-refractivity contribution in [2.75, 3.05) is 5.73 Å². The summed E-state index contributed by atoms with van der Waals surface area (Å²) >= 11 is 0. The molecule has 0 atom stereocenters. The Balaban J connectivity index is 2.30. The van der Waals surface area contributed by atoms with Gasteiger partial charge in [-0.25, -0.2) is 0 Å². The van der Waals surface area contributed by atoms with Gasteiger partial charge in [0.15, 0.2) is 0 Å². The fourth-order valence-corrected chi connectivity index (χ4v) is 1.81. The normalized spacial score (nSPS) is 9.67. The molecule has 1 heteroatoms. The van der Waals surface area contributed by atoms with Crippen LogP contribution in [-0.2, 0) is 0 Å². The molecule has 0 saturated carbocycles. The molecule has 0 saturated heterocycles. The lowest BCUT2D eigenvalue weighted by atomic mass is 10.0. The van der Waals surface area contributed by atoms with E-state index in [0.29, 0.717) is 0 Å². The van der Waals surface area contributed by atoms with E-state index in [4.69, 9.17) is 5.73 Å². The molecule has 0 aliphatic rings. The lowest BCUT2D eigenvalue weighted by Gasteiger charge is -2.06. The minimum absolute atomic E-state index is 0.866. The van der Waals surface area contributed by atoms with Crippen molar-refractivity contribution in [3.05, 3.63) is 70.4 Å². The van der Waals surface area contributed by atoms with Crippen LogP contribution in [0, 0.1) is 13.8 Å². The molecule has 0 unspecified atom stereocenters. The molecule has 0 aliphatic heterocycles. The largest absolute Gasteiger partial charge is 0.398 e. The van der Waals surface area contributed by atoms with Crippen molar-refractivity contribution in [1.29, 1.82) is 0 Å². The summed E-state index contributed by atoms with van der Waals surface area (Å²) in [5, 5.41) is 0. The van der Waals surface area contributed by atoms with Crippen molar-refractivity contribution in [3.8, 4) is 0 Å². The second kappa shape index (κ2) is 5.39. The highest BCUT2D eigenvalue weighted by atomic mass is 14.6. The summed E-state index contributed by atoms with van der Waals surface area (Å²) in [6.45, 7) is 4.06. The lowest BCUT2D eigenvalue weighted by molar-refractivity contribution is 1.37. The van der Waals surface area contributed by atoms with E-state index in [0.717, 1.165) is 27.9 Å². The molecule has 0 radical (unpaired) electrons. The number of nitrogen functional groups attached to an aromatic ring is 1. The molecule has 2 aromatic rings. The molecule has 0 aromatic heterocycles. The maximum atomic E-state index is 6.01. The minimum atomic E-state index is 0.866. The number of aryl methyl sites for hydroxylation is 1. The molecule has 0 aliphatic carbocycles. The first-order chi connectivity index (χ1) is 8.68. The van der Waals surface area contributed by atoms with Crippen LogP contribution in [0.3, 0.4) is 0 Å². The molecule has 0 amide bonds. The van der Waals surface area contributed by atoms with E-state index in [-0.39, 0.29) is 0 Å². The van der Waals surface area contributed by atoms with Crippen LogP contribution in [0.25, 0.3) is 12.2 Å². The van der Waals surface area contributed by atoms with Crippen molar-refractivity contribution in [1.82, 2.24) is 0 Å². The summed E-state index contributed by atoms with van der Waals surface area (Å²) in [4.78, 5) is 0. The van der Waals surface area contributed by atoms with E-state index >= 15 is 0 Å². The Hall–Kier alpha value is -2.24. The Bertz CT molecular complexity index is 603. The van der Waals surface area contributed by atoms with Crippen LogP contribution in [0.15, 0.2) is 48.2 Å². The summed E-state index contributed by atoms with van der Waals surface area (Å²) in [5.74, 6) is 0. The minimum Gasteiger partial charge on any atom is -0.398 e. The van der Waals surface area contributed by atoms with Gasteiger partial charge in [-0.1, -0.05) is 42.5 Å². The third-order valence-corrected chi connectivity index (χ3v) is 3.06. The van der Waals surface area contributed by atoms with Gasteiger partial charge >= 0.3 is 0 Å². The third kappa shape index (κ3) is 2.71. The average molecular weight is 235 g/mol. The van der Waals surface area contributed by atoms with E-state index in [1.807, 2.05) is 50.3 Å². The molecule has 0 spiro atoms. The summed E-state index contributed by atoms with van der Waals surface area (Å²) in [6, 6.07) is 14.3. The topological polar surface area (TPSA) is 26.0 Å². The first-order valence-corrected chi connectivity index (χ1v) is 6.01. The zero-order valence-electron chi connectivity index (χ0n) is 10.8. The number of benzene rings is 2. The number of anilines is 1. The van der Waals surface area contributed by atoms with E-state index in [9.17, 15) is 0 Å². The average Bonchev–Trinajstić information content (AvgIpc) is 2.40. The van der Waals surface area contributed by atoms with Crippen molar-refractivity contribution < 1.29 is 0 Å². The zero-order valence-corrected chi connectivity index (χ0v) is 10.8. The highest BCUT2D eigenvalue weighted by molar-refractivity contribution is 5.66. The molecule has 0 heterocycles. The monoisotopic (exact) mass is 235 g/mol. The Morgan fingerprint density at radius 1 is 0.944 bits per heavy atom. The van der Waals surface area contributed by atoms with E-state index < -0.39 is 0 Å². The van der Waals surface area contributed by atoms with Crippen LogP contribution in [-0.4, -0.2) is 0 Å². The SMILES string of the molecule is Cc1ccc(C=C=Cc2ccccc2)c(C)c1N. The Morgan fingerprint density at radius 3 is 2.39 bits per heavy atom. The Morgan fingerprint density at radius 2 is 1.67 bits per heavy atom. The molecule has 18 heavy (non-hydrogen) atoms. The molecule has 2 N–H and O–H groups in total. The van der Waals surface area contributed by atoms with Crippen molar-refractivity contribution >= 4 is 17.8 Å². The maximum absolute atomic E-state index is 6.01. The van der Waals surface area contributed by atoms with Crippen molar-refractivity contribution in [2.45, 2.75) is 13.8 Å². The van der Waals surface area contributed by atoms with E-state index in [2.05, 4.69) is 23.9 Å². The quantitative estimate of drug-likeness (QED) is 0.612. The van der Waals surface area contributed by atoms with Gasteiger partial charge in [-0.2, -0.15) is 0 Å². The van der Waals surface area contributed by atoms with E-state index in [1.54, 1.807) is 0 Å². The van der Waals surface area contributed by atoms with Crippen LogP contribution in [0.1, 0.15) is 22.3 Å². The summed E-state index contributed by atoms with van der Waals surface area (Å²) in [7, 11) is 0. The molecule has 2 rings (SSSR count). The van der Waals surface area contributed by atoms with E-state index in [1.165, 1.54) is 0 Å². The first kappa shape index (κ1) is 12.2. The van der Waals surface area contributed by atoms with Gasteiger partial charge in [0.05, 0.1) is 0 Å². The summed E-state index contributed by atoms with van der Waals surface area (Å²) < 4.78 is 0. The Labute approximate surface area is 108 Å².